The Labute approximate surface area is 166 Å². The number of hydrogen-bond acceptors (Lipinski definition) is 5. The van der Waals surface area contributed by atoms with Gasteiger partial charge in [0.1, 0.15) is 5.76 Å². The number of carbonyl (C=O) groups is 1. The van der Waals surface area contributed by atoms with Crippen LogP contribution in [0.25, 0.3) is 11.3 Å². The summed E-state index contributed by atoms with van der Waals surface area (Å²) in [6.45, 7) is 3.93. The van der Waals surface area contributed by atoms with E-state index < -0.39 is 10.8 Å². The monoisotopic (exact) mass is 395 g/mol. The second-order valence-corrected chi connectivity index (χ2v) is 6.61. The van der Waals surface area contributed by atoms with Crippen molar-refractivity contribution in [2.75, 3.05) is 5.32 Å². The van der Waals surface area contributed by atoms with Crippen LogP contribution in [0, 0.1) is 24.0 Å². The third kappa shape index (κ3) is 4.41. The summed E-state index contributed by atoms with van der Waals surface area (Å²) >= 11 is 5.19. The lowest BCUT2D eigenvalue weighted by atomic mass is 10.1. The fourth-order valence-electron chi connectivity index (χ4n) is 2.66. The van der Waals surface area contributed by atoms with Crippen molar-refractivity contribution in [2.45, 2.75) is 13.8 Å². The second-order valence-electron chi connectivity index (χ2n) is 6.20. The number of rotatable bonds is 4. The third-order valence-electron chi connectivity index (χ3n) is 4.03. The number of hydrogen-bond donors (Lipinski definition) is 2. The molecule has 7 nitrogen and oxygen atoms in total. The summed E-state index contributed by atoms with van der Waals surface area (Å²) in [5.74, 6) is -0.118. The Balaban J connectivity index is 1.69. The van der Waals surface area contributed by atoms with Gasteiger partial charge in [0.05, 0.1) is 4.92 Å². The zero-order chi connectivity index (χ0) is 20.3. The lowest BCUT2D eigenvalue weighted by Crippen LogP contribution is -2.34. The molecule has 0 saturated heterocycles. The summed E-state index contributed by atoms with van der Waals surface area (Å²) in [5.41, 5.74) is 3.38. The van der Waals surface area contributed by atoms with E-state index in [1.165, 1.54) is 18.2 Å². The molecule has 0 fully saturated rings. The average molecular weight is 395 g/mol. The fraction of sp³-hybridized carbons (Fsp3) is 0.100. The van der Waals surface area contributed by atoms with E-state index in [-0.39, 0.29) is 16.6 Å². The quantitative estimate of drug-likeness (QED) is 0.381. The van der Waals surface area contributed by atoms with Crippen LogP contribution in [0.15, 0.2) is 59.0 Å². The summed E-state index contributed by atoms with van der Waals surface area (Å²) in [6, 6.07) is 14.9. The highest BCUT2D eigenvalue weighted by molar-refractivity contribution is 7.80. The number of anilines is 1. The van der Waals surface area contributed by atoms with Gasteiger partial charge in [0.25, 0.3) is 11.6 Å². The number of carbonyl (C=O) groups excluding carboxylic acids is 1. The lowest BCUT2D eigenvalue weighted by molar-refractivity contribution is -0.384. The van der Waals surface area contributed by atoms with Crippen LogP contribution < -0.4 is 10.6 Å². The number of nitrogens with one attached hydrogen (secondary N) is 2. The van der Waals surface area contributed by atoms with Gasteiger partial charge in [-0.1, -0.05) is 29.8 Å². The van der Waals surface area contributed by atoms with E-state index in [0.717, 1.165) is 16.8 Å². The molecule has 0 saturated carbocycles. The number of furan rings is 1. The summed E-state index contributed by atoms with van der Waals surface area (Å²) in [7, 11) is 0. The first-order chi connectivity index (χ1) is 13.3. The number of non-ortho nitro benzene ring substituents is 1. The number of aryl methyl sites for hydroxylation is 2. The Morgan fingerprint density at radius 3 is 2.61 bits per heavy atom. The van der Waals surface area contributed by atoms with Gasteiger partial charge in [-0.15, -0.1) is 0 Å². The Morgan fingerprint density at radius 2 is 1.89 bits per heavy atom. The lowest BCUT2D eigenvalue weighted by Gasteiger charge is -2.11. The molecular weight excluding hydrogens is 378 g/mol. The zero-order valence-electron chi connectivity index (χ0n) is 15.2. The average Bonchev–Trinajstić information content (AvgIpc) is 3.14. The minimum absolute atomic E-state index is 0.0475. The number of benzene rings is 2. The van der Waals surface area contributed by atoms with Crippen LogP contribution in [-0.4, -0.2) is 15.9 Å². The van der Waals surface area contributed by atoms with Gasteiger partial charge in [0.15, 0.2) is 10.9 Å². The third-order valence-corrected chi connectivity index (χ3v) is 4.23. The maximum atomic E-state index is 12.4. The van der Waals surface area contributed by atoms with E-state index in [1.807, 2.05) is 32.0 Å². The van der Waals surface area contributed by atoms with Crippen molar-refractivity contribution < 1.29 is 14.1 Å². The van der Waals surface area contributed by atoms with Crippen molar-refractivity contribution in [3.63, 3.8) is 0 Å². The summed E-state index contributed by atoms with van der Waals surface area (Å²) < 4.78 is 5.53. The predicted octanol–water partition coefficient (Wildman–Crippen LogP) is 4.60. The van der Waals surface area contributed by atoms with E-state index in [0.29, 0.717) is 11.3 Å². The van der Waals surface area contributed by atoms with Crippen LogP contribution in [0.4, 0.5) is 11.4 Å². The second kappa shape index (κ2) is 8.01. The predicted molar refractivity (Wildman–Crippen MR) is 110 cm³/mol. The normalized spacial score (nSPS) is 10.4. The smallest absolute Gasteiger partial charge is 0.293 e. The van der Waals surface area contributed by atoms with Crippen molar-refractivity contribution in [3.8, 4) is 11.3 Å². The van der Waals surface area contributed by atoms with Crippen molar-refractivity contribution in [1.82, 2.24) is 5.32 Å². The van der Waals surface area contributed by atoms with Gasteiger partial charge < -0.3 is 9.73 Å². The number of amides is 1. The molecular formula is C20H17N3O4S. The van der Waals surface area contributed by atoms with Crippen LogP contribution in [0.3, 0.4) is 0 Å². The largest absolute Gasteiger partial charge is 0.451 e. The molecule has 2 N–H and O–H groups in total. The summed E-state index contributed by atoms with van der Waals surface area (Å²) in [6.07, 6.45) is 0. The van der Waals surface area contributed by atoms with Crippen molar-refractivity contribution >= 4 is 34.6 Å². The Bertz CT molecular complexity index is 1070. The zero-order valence-corrected chi connectivity index (χ0v) is 16.0. The van der Waals surface area contributed by atoms with Gasteiger partial charge in [-0.05, 0) is 49.8 Å². The molecule has 1 heterocycles. The maximum Gasteiger partial charge on any atom is 0.293 e. The SMILES string of the molecule is Cc1ccc(NC(=S)NC(=O)c2ccc(-c3cccc([N+](=O)[O-])c3)o2)c(C)c1. The first-order valence-electron chi connectivity index (χ1n) is 8.38. The van der Waals surface area contributed by atoms with Crippen LogP contribution >= 0.6 is 12.2 Å². The number of nitro groups is 1. The van der Waals surface area contributed by atoms with Gasteiger partial charge >= 0.3 is 0 Å². The van der Waals surface area contributed by atoms with E-state index in [2.05, 4.69) is 10.6 Å². The Morgan fingerprint density at radius 1 is 1.11 bits per heavy atom. The van der Waals surface area contributed by atoms with Gasteiger partial charge in [-0.3, -0.25) is 20.2 Å². The minimum Gasteiger partial charge on any atom is -0.451 e. The number of nitro benzene ring substituents is 1. The molecule has 0 aliphatic carbocycles. The van der Waals surface area contributed by atoms with Crippen LogP contribution in [0.5, 0.6) is 0 Å². The molecule has 0 spiro atoms. The highest BCUT2D eigenvalue weighted by atomic mass is 32.1. The molecule has 0 aliphatic rings. The number of thiocarbonyl (C=S) groups is 1. The Hall–Kier alpha value is -3.52. The van der Waals surface area contributed by atoms with E-state index >= 15 is 0 Å². The van der Waals surface area contributed by atoms with E-state index in [1.54, 1.807) is 18.2 Å². The molecule has 0 radical (unpaired) electrons. The van der Waals surface area contributed by atoms with E-state index in [4.69, 9.17) is 16.6 Å². The fourth-order valence-corrected chi connectivity index (χ4v) is 2.86. The van der Waals surface area contributed by atoms with Gasteiger partial charge in [-0.2, -0.15) is 0 Å². The molecule has 28 heavy (non-hydrogen) atoms. The number of nitrogens with zero attached hydrogens (tertiary/aromatic N) is 1. The molecule has 0 bridgehead atoms. The highest BCUT2D eigenvalue weighted by Gasteiger charge is 2.15. The maximum absolute atomic E-state index is 12.4. The molecule has 3 rings (SSSR count). The molecule has 1 amide bonds. The molecule has 0 aliphatic heterocycles. The topological polar surface area (TPSA) is 97.4 Å². The minimum atomic E-state index is -0.515. The van der Waals surface area contributed by atoms with Gasteiger partial charge in [-0.25, -0.2) is 0 Å². The van der Waals surface area contributed by atoms with Crippen molar-refractivity contribution in [2.24, 2.45) is 0 Å². The standard InChI is InChI=1S/C20H17N3O4S/c1-12-6-7-16(13(2)10-12)21-20(28)22-19(24)18-9-8-17(27-18)14-4-3-5-15(11-14)23(25)26/h3-11H,1-2H3,(H2,21,22,24,28). The first-order valence-corrected chi connectivity index (χ1v) is 8.78. The first kappa shape index (κ1) is 19.2. The molecule has 0 unspecified atom stereocenters. The van der Waals surface area contributed by atoms with Gasteiger partial charge in [0.2, 0.25) is 0 Å². The molecule has 1 aromatic heterocycles. The highest BCUT2D eigenvalue weighted by Crippen LogP contribution is 2.25. The van der Waals surface area contributed by atoms with Gasteiger partial charge in [0, 0.05) is 23.4 Å². The summed E-state index contributed by atoms with van der Waals surface area (Å²) in [4.78, 5) is 22.8. The Kier molecular flexibility index (Phi) is 5.51. The summed E-state index contributed by atoms with van der Waals surface area (Å²) in [5, 5.41) is 16.6. The van der Waals surface area contributed by atoms with Crippen LogP contribution in [-0.2, 0) is 0 Å². The van der Waals surface area contributed by atoms with Crippen molar-refractivity contribution in [1.29, 1.82) is 0 Å². The molecule has 2 aromatic carbocycles. The molecule has 3 aromatic rings. The van der Waals surface area contributed by atoms with Crippen LogP contribution in [0.2, 0.25) is 0 Å². The molecule has 0 atom stereocenters. The molecule has 8 heteroatoms. The van der Waals surface area contributed by atoms with Crippen LogP contribution in [0.1, 0.15) is 21.7 Å². The van der Waals surface area contributed by atoms with Crippen molar-refractivity contribution in [3.05, 3.63) is 81.6 Å². The van der Waals surface area contributed by atoms with E-state index in [9.17, 15) is 14.9 Å². The molecule has 142 valence electrons.